The number of benzene rings is 1. The first kappa shape index (κ1) is 16.1. The number of hydrogen-bond acceptors (Lipinski definition) is 3. The summed E-state index contributed by atoms with van der Waals surface area (Å²) in [6.07, 6.45) is 1.65. The van der Waals surface area contributed by atoms with Crippen molar-refractivity contribution in [1.29, 1.82) is 0 Å². The number of furan rings is 1. The standard InChI is InChI=1S/C19H20N2O3/c1-14-11-18(15(2)21(14)12-17-9-6-10-23-17)19(22)20-24-13-16-7-4-3-5-8-16/h3-11H,12-13H2,1-2H3,(H,20,22). The van der Waals surface area contributed by atoms with E-state index in [9.17, 15) is 4.79 Å². The van der Waals surface area contributed by atoms with E-state index >= 15 is 0 Å². The molecule has 0 atom stereocenters. The monoisotopic (exact) mass is 324 g/mol. The highest BCUT2D eigenvalue weighted by molar-refractivity contribution is 5.95. The average molecular weight is 324 g/mol. The van der Waals surface area contributed by atoms with E-state index in [0.717, 1.165) is 22.7 Å². The Balaban J connectivity index is 1.64. The zero-order valence-electron chi connectivity index (χ0n) is 13.8. The lowest BCUT2D eigenvalue weighted by molar-refractivity contribution is 0.0233. The molecule has 0 bridgehead atoms. The molecule has 0 unspecified atom stereocenters. The summed E-state index contributed by atoms with van der Waals surface area (Å²) in [5.74, 6) is 0.605. The molecule has 3 aromatic rings. The molecular formula is C19H20N2O3. The first-order valence-electron chi connectivity index (χ1n) is 7.80. The van der Waals surface area contributed by atoms with Gasteiger partial charge in [0, 0.05) is 11.4 Å². The van der Waals surface area contributed by atoms with Crippen molar-refractivity contribution >= 4 is 5.91 Å². The van der Waals surface area contributed by atoms with Gasteiger partial charge in [-0.1, -0.05) is 30.3 Å². The molecule has 1 N–H and O–H groups in total. The average Bonchev–Trinajstić information content (AvgIpc) is 3.19. The molecule has 1 aromatic carbocycles. The van der Waals surface area contributed by atoms with Crippen molar-refractivity contribution in [2.75, 3.05) is 0 Å². The van der Waals surface area contributed by atoms with Crippen molar-refractivity contribution in [2.45, 2.75) is 27.0 Å². The smallest absolute Gasteiger partial charge is 0.276 e. The van der Waals surface area contributed by atoms with Crippen molar-refractivity contribution in [3.05, 3.63) is 83.1 Å². The minimum atomic E-state index is -0.246. The molecular weight excluding hydrogens is 304 g/mol. The molecule has 0 saturated heterocycles. The van der Waals surface area contributed by atoms with Gasteiger partial charge in [0.05, 0.1) is 25.0 Å². The van der Waals surface area contributed by atoms with Crippen molar-refractivity contribution < 1.29 is 14.0 Å². The second kappa shape index (κ2) is 7.19. The van der Waals surface area contributed by atoms with E-state index in [2.05, 4.69) is 5.48 Å². The number of carbonyl (C=O) groups is 1. The van der Waals surface area contributed by atoms with Gasteiger partial charge in [0.15, 0.2) is 0 Å². The second-order valence-electron chi connectivity index (χ2n) is 5.66. The van der Waals surface area contributed by atoms with E-state index in [4.69, 9.17) is 9.25 Å². The fourth-order valence-corrected chi connectivity index (χ4v) is 2.65. The van der Waals surface area contributed by atoms with Crippen molar-refractivity contribution in [3.8, 4) is 0 Å². The summed E-state index contributed by atoms with van der Waals surface area (Å²) < 4.78 is 7.43. The molecule has 1 amide bonds. The molecule has 0 saturated carbocycles. The number of hydroxylamine groups is 1. The SMILES string of the molecule is Cc1cc(C(=O)NOCc2ccccc2)c(C)n1Cc1ccco1. The molecule has 0 radical (unpaired) electrons. The van der Waals surface area contributed by atoms with Gasteiger partial charge < -0.3 is 8.98 Å². The third-order valence-corrected chi connectivity index (χ3v) is 3.96. The van der Waals surface area contributed by atoms with E-state index in [0.29, 0.717) is 18.7 Å². The van der Waals surface area contributed by atoms with Gasteiger partial charge in [-0.15, -0.1) is 0 Å². The van der Waals surface area contributed by atoms with Gasteiger partial charge in [0.1, 0.15) is 5.76 Å². The molecule has 0 aliphatic heterocycles. The van der Waals surface area contributed by atoms with Crippen molar-refractivity contribution in [2.24, 2.45) is 0 Å². The van der Waals surface area contributed by atoms with E-state index in [1.807, 2.05) is 66.9 Å². The third kappa shape index (κ3) is 3.58. The fourth-order valence-electron chi connectivity index (χ4n) is 2.65. The lowest BCUT2D eigenvalue weighted by Gasteiger charge is -2.08. The van der Waals surface area contributed by atoms with E-state index in [-0.39, 0.29) is 5.91 Å². The molecule has 3 rings (SSSR count). The Morgan fingerprint density at radius 2 is 1.96 bits per heavy atom. The van der Waals surface area contributed by atoms with Gasteiger partial charge in [-0.3, -0.25) is 9.63 Å². The summed E-state index contributed by atoms with van der Waals surface area (Å²) in [5.41, 5.74) is 5.99. The van der Waals surface area contributed by atoms with Gasteiger partial charge in [-0.2, -0.15) is 0 Å². The van der Waals surface area contributed by atoms with Gasteiger partial charge in [-0.05, 0) is 37.6 Å². The Morgan fingerprint density at radius 1 is 1.17 bits per heavy atom. The number of hydrogen-bond donors (Lipinski definition) is 1. The molecule has 0 aliphatic rings. The van der Waals surface area contributed by atoms with Gasteiger partial charge in [0.25, 0.3) is 5.91 Å². The lowest BCUT2D eigenvalue weighted by atomic mass is 10.2. The van der Waals surface area contributed by atoms with Crippen molar-refractivity contribution in [3.63, 3.8) is 0 Å². The van der Waals surface area contributed by atoms with E-state index < -0.39 is 0 Å². The quantitative estimate of drug-likeness (QED) is 0.705. The summed E-state index contributed by atoms with van der Waals surface area (Å²) in [5, 5.41) is 0. The van der Waals surface area contributed by atoms with Crippen LogP contribution in [0, 0.1) is 13.8 Å². The van der Waals surface area contributed by atoms with Crippen LogP contribution in [0.4, 0.5) is 0 Å². The Hall–Kier alpha value is -2.79. The topological polar surface area (TPSA) is 56.4 Å². The van der Waals surface area contributed by atoms with Crippen LogP contribution in [0.2, 0.25) is 0 Å². The number of nitrogens with one attached hydrogen (secondary N) is 1. The Labute approximate surface area is 140 Å². The van der Waals surface area contributed by atoms with Gasteiger partial charge in [0.2, 0.25) is 0 Å². The van der Waals surface area contributed by atoms with E-state index in [1.165, 1.54) is 0 Å². The predicted octanol–water partition coefficient (Wildman–Crippen LogP) is 3.61. The summed E-state index contributed by atoms with van der Waals surface area (Å²) in [6, 6.07) is 15.3. The molecule has 2 aromatic heterocycles. The fraction of sp³-hybridized carbons (Fsp3) is 0.211. The van der Waals surface area contributed by atoms with Crippen LogP contribution in [-0.4, -0.2) is 10.5 Å². The molecule has 0 spiro atoms. The van der Waals surface area contributed by atoms with Gasteiger partial charge in [-0.25, -0.2) is 5.48 Å². The number of nitrogens with zero attached hydrogens (tertiary/aromatic N) is 1. The number of amides is 1. The Kier molecular flexibility index (Phi) is 4.82. The lowest BCUT2D eigenvalue weighted by Crippen LogP contribution is -2.24. The molecule has 0 aliphatic carbocycles. The summed E-state index contributed by atoms with van der Waals surface area (Å²) >= 11 is 0. The maximum Gasteiger partial charge on any atom is 0.276 e. The molecule has 0 fully saturated rings. The Morgan fingerprint density at radius 3 is 2.67 bits per heavy atom. The number of carbonyl (C=O) groups excluding carboxylic acids is 1. The highest BCUT2D eigenvalue weighted by atomic mass is 16.6. The van der Waals surface area contributed by atoms with Crippen LogP contribution in [0.15, 0.2) is 59.2 Å². The largest absolute Gasteiger partial charge is 0.467 e. The van der Waals surface area contributed by atoms with Crippen molar-refractivity contribution in [1.82, 2.24) is 10.0 Å². The van der Waals surface area contributed by atoms with Crippen LogP contribution in [0.3, 0.4) is 0 Å². The third-order valence-electron chi connectivity index (χ3n) is 3.96. The zero-order valence-corrected chi connectivity index (χ0v) is 13.8. The first-order chi connectivity index (χ1) is 11.6. The molecule has 24 heavy (non-hydrogen) atoms. The van der Waals surface area contributed by atoms with Gasteiger partial charge >= 0.3 is 0 Å². The van der Waals surface area contributed by atoms with Crippen LogP contribution in [-0.2, 0) is 18.0 Å². The van der Waals surface area contributed by atoms with Crippen LogP contribution < -0.4 is 5.48 Å². The molecule has 124 valence electrons. The summed E-state index contributed by atoms with van der Waals surface area (Å²) in [4.78, 5) is 17.7. The number of aryl methyl sites for hydroxylation is 1. The van der Waals surface area contributed by atoms with E-state index in [1.54, 1.807) is 6.26 Å². The minimum absolute atomic E-state index is 0.246. The summed E-state index contributed by atoms with van der Waals surface area (Å²) in [6.45, 7) is 4.82. The van der Waals surface area contributed by atoms with Crippen LogP contribution in [0.5, 0.6) is 0 Å². The highest BCUT2D eigenvalue weighted by Crippen LogP contribution is 2.17. The molecule has 5 heteroatoms. The molecule has 5 nitrogen and oxygen atoms in total. The number of aromatic nitrogens is 1. The number of rotatable bonds is 6. The normalized spacial score (nSPS) is 10.8. The second-order valence-corrected chi connectivity index (χ2v) is 5.66. The van der Waals surface area contributed by atoms with Crippen LogP contribution in [0.1, 0.15) is 33.1 Å². The predicted molar refractivity (Wildman–Crippen MR) is 90.4 cm³/mol. The van der Waals surface area contributed by atoms with Crippen LogP contribution >= 0.6 is 0 Å². The maximum absolute atomic E-state index is 12.4. The molecule has 2 heterocycles. The van der Waals surface area contributed by atoms with Crippen LogP contribution in [0.25, 0.3) is 0 Å². The maximum atomic E-state index is 12.4. The Bertz CT molecular complexity index is 805. The highest BCUT2D eigenvalue weighted by Gasteiger charge is 2.16. The minimum Gasteiger partial charge on any atom is -0.467 e. The summed E-state index contributed by atoms with van der Waals surface area (Å²) in [7, 11) is 0. The zero-order chi connectivity index (χ0) is 16.9. The first-order valence-corrected chi connectivity index (χ1v) is 7.80.